The fourth-order valence-electron chi connectivity index (χ4n) is 3.71. The molecule has 0 spiro atoms. The van der Waals surface area contributed by atoms with Crippen molar-refractivity contribution in [3.63, 3.8) is 0 Å². The largest absolute Gasteiger partial charge is 0.369 e. The third-order valence-electron chi connectivity index (χ3n) is 5.48. The standard InChI is InChI=1S/C24H29N5OS/c1-2-3-13-25-23-20-11-7-8-12-21(20)26-24(27-23)31-18-22(30)29-16-14-28(15-17-29)19-9-5-4-6-10-19/h4-12H,2-3,13-18H2,1H3,(H,25,26,27). The summed E-state index contributed by atoms with van der Waals surface area (Å²) in [7, 11) is 0. The smallest absolute Gasteiger partial charge is 0.233 e. The van der Waals surface area contributed by atoms with Crippen molar-refractivity contribution in [1.82, 2.24) is 14.9 Å². The molecule has 0 radical (unpaired) electrons. The summed E-state index contributed by atoms with van der Waals surface area (Å²) in [4.78, 5) is 26.4. The highest BCUT2D eigenvalue weighted by Gasteiger charge is 2.21. The quantitative estimate of drug-likeness (QED) is 0.324. The molecule has 7 heteroatoms. The maximum atomic E-state index is 12.8. The van der Waals surface area contributed by atoms with Gasteiger partial charge in [-0.3, -0.25) is 4.79 Å². The highest BCUT2D eigenvalue weighted by atomic mass is 32.2. The zero-order valence-electron chi connectivity index (χ0n) is 18.0. The number of nitrogens with one attached hydrogen (secondary N) is 1. The molecule has 1 saturated heterocycles. The molecule has 0 unspecified atom stereocenters. The number of para-hydroxylation sites is 2. The minimum absolute atomic E-state index is 0.148. The van der Waals surface area contributed by atoms with Crippen LogP contribution in [-0.4, -0.2) is 59.3 Å². The minimum atomic E-state index is 0.148. The summed E-state index contributed by atoms with van der Waals surface area (Å²) in [6.07, 6.45) is 2.22. The molecule has 2 heterocycles. The molecule has 0 atom stereocenters. The molecule has 1 fully saturated rings. The molecule has 1 aliphatic heterocycles. The Morgan fingerprint density at radius 3 is 2.52 bits per heavy atom. The maximum absolute atomic E-state index is 12.8. The molecule has 0 aliphatic carbocycles. The van der Waals surface area contributed by atoms with Gasteiger partial charge >= 0.3 is 0 Å². The van der Waals surface area contributed by atoms with Gasteiger partial charge in [-0.25, -0.2) is 9.97 Å². The second-order valence-electron chi connectivity index (χ2n) is 7.64. The van der Waals surface area contributed by atoms with Crippen LogP contribution in [0.3, 0.4) is 0 Å². The summed E-state index contributed by atoms with van der Waals surface area (Å²) in [6.45, 7) is 6.27. The first-order valence-electron chi connectivity index (χ1n) is 11.0. The first-order valence-corrected chi connectivity index (χ1v) is 11.9. The van der Waals surface area contributed by atoms with Crippen molar-refractivity contribution in [2.75, 3.05) is 48.7 Å². The number of carbonyl (C=O) groups is 1. The summed E-state index contributed by atoms with van der Waals surface area (Å²) in [5.41, 5.74) is 2.12. The number of nitrogens with zero attached hydrogens (tertiary/aromatic N) is 4. The van der Waals surface area contributed by atoms with E-state index in [1.54, 1.807) is 0 Å². The SMILES string of the molecule is CCCCNc1nc(SCC(=O)N2CCN(c3ccccc3)CC2)nc2ccccc12. The van der Waals surface area contributed by atoms with Gasteiger partial charge in [-0.05, 0) is 30.7 Å². The van der Waals surface area contributed by atoms with Crippen molar-refractivity contribution in [2.24, 2.45) is 0 Å². The van der Waals surface area contributed by atoms with Crippen molar-refractivity contribution in [3.8, 4) is 0 Å². The normalized spacial score (nSPS) is 14.1. The zero-order chi connectivity index (χ0) is 21.5. The Labute approximate surface area is 188 Å². The number of anilines is 2. The van der Waals surface area contributed by atoms with Gasteiger partial charge in [-0.2, -0.15) is 0 Å². The number of benzene rings is 2. The van der Waals surface area contributed by atoms with E-state index in [1.165, 1.54) is 17.4 Å². The van der Waals surface area contributed by atoms with Gasteiger partial charge in [0.05, 0.1) is 11.3 Å². The van der Waals surface area contributed by atoms with Crippen LogP contribution in [0.2, 0.25) is 0 Å². The second-order valence-corrected chi connectivity index (χ2v) is 8.59. The maximum Gasteiger partial charge on any atom is 0.233 e. The molecule has 1 amide bonds. The highest BCUT2D eigenvalue weighted by molar-refractivity contribution is 7.99. The molecule has 1 aliphatic rings. The van der Waals surface area contributed by atoms with E-state index in [9.17, 15) is 4.79 Å². The Bertz CT molecular complexity index is 1010. The van der Waals surface area contributed by atoms with Gasteiger partial charge in [0.15, 0.2) is 5.16 Å². The van der Waals surface area contributed by atoms with Crippen molar-refractivity contribution < 1.29 is 4.79 Å². The summed E-state index contributed by atoms with van der Waals surface area (Å²) < 4.78 is 0. The number of thioether (sulfide) groups is 1. The number of hydrogen-bond acceptors (Lipinski definition) is 6. The van der Waals surface area contributed by atoms with Crippen LogP contribution in [0.25, 0.3) is 10.9 Å². The van der Waals surface area contributed by atoms with Crippen LogP contribution < -0.4 is 10.2 Å². The third kappa shape index (κ3) is 5.47. The lowest BCUT2D eigenvalue weighted by Crippen LogP contribution is -2.49. The predicted molar refractivity (Wildman–Crippen MR) is 129 cm³/mol. The summed E-state index contributed by atoms with van der Waals surface area (Å²) in [6, 6.07) is 18.4. The minimum Gasteiger partial charge on any atom is -0.369 e. The number of aromatic nitrogens is 2. The van der Waals surface area contributed by atoms with E-state index >= 15 is 0 Å². The van der Waals surface area contributed by atoms with Gasteiger partial charge in [-0.15, -0.1) is 0 Å². The van der Waals surface area contributed by atoms with Crippen LogP contribution in [0, 0.1) is 0 Å². The Kier molecular flexibility index (Phi) is 7.25. The lowest BCUT2D eigenvalue weighted by atomic mass is 10.2. The zero-order valence-corrected chi connectivity index (χ0v) is 18.8. The van der Waals surface area contributed by atoms with Gasteiger partial charge in [0.1, 0.15) is 5.82 Å². The number of amides is 1. The van der Waals surface area contributed by atoms with Gasteiger partial charge in [-0.1, -0.05) is 55.4 Å². The van der Waals surface area contributed by atoms with E-state index in [0.717, 1.165) is 62.3 Å². The van der Waals surface area contributed by atoms with Gasteiger partial charge < -0.3 is 15.1 Å². The Morgan fingerprint density at radius 1 is 1.00 bits per heavy atom. The van der Waals surface area contributed by atoms with Crippen LogP contribution in [0.15, 0.2) is 59.8 Å². The van der Waals surface area contributed by atoms with Gasteiger partial charge in [0.2, 0.25) is 5.91 Å². The molecule has 1 N–H and O–H groups in total. The number of unbranched alkanes of at least 4 members (excludes halogenated alkanes) is 1. The van der Waals surface area contributed by atoms with Crippen LogP contribution in [0.4, 0.5) is 11.5 Å². The van der Waals surface area contributed by atoms with Gasteiger partial charge in [0, 0.05) is 43.8 Å². The molecular formula is C24H29N5OS. The molecular weight excluding hydrogens is 406 g/mol. The van der Waals surface area contributed by atoms with Crippen LogP contribution >= 0.6 is 11.8 Å². The number of hydrogen-bond donors (Lipinski definition) is 1. The summed E-state index contributed by atoms with van der Waals surface area (Å²) >= 11 is 1.42. The summed E-state index contributed by atoms with van der Waals surface area (Å²) in [5, 5.41) is 5.10. The van der Waals surface area contributed by atoms with E-state index in [0.29, 0.717) is 10.9 Å². The topological polar surface area (TPSA) is 61.4 Å². The van der Waals surface area contributed by atoms with E-state index in [-0.39, 0.29) is 5.91 Å². The van der Waals surface area contributed by atoms with Crippen molar-refractivity contribution in [1.29, 1.82) is 0 Å². The number of piperazine rings is 1. The number of carbonyl (C=O) groups excluding carboxylic acids is 1. The molecule has 0 bridgehead atoms. The van der Waals surface area contributed by atoms with Crippen LogP contribution in [0.5, 0.6) is 0 Å². The second kappa shape index (κ2) is 10.5. The monoisotopic (exact) mass is 435 g/mol. The molecule has 1 aromatic heterocycles. The first-order chi connectivity index (χ1) is 15.2. The Balaban J connectivity index is 1.36. The molecule has 0 saturated carbocycles. The number of fused-ring (bicyclic) bond motifs is 1. The average molecular weight is 436 g/mol. The third-order valence-corrected chi connectivity index (χ3v) is 6.32. The fourth-order valence-corrected chi connectivity index (χ4v) is 4.46. The molecule has 3 aromatic rings. The van der Waals surface area contributed by atoms with Crippen molar-refractivity contribution in [2.45, 2.75) is 24.9 Å². The predicted octanol–water partition coefficient (Wildman–Crippen LogP) is 4.28. The van der Waals surface area contributed by atoms with Gasteiger partial charge in [0.25, 0.3) is 0 Å². The van der Waals surface area contributed by atoms with Crippen molar-refractivity contribution in [3.05, 3.63) is 54.6 Å². The molecule has 2 aromatic carbocycles. The molecule has 31 heavy (non-hydrogen) atoms. The van der Waals surface area contributed by atoms with Crippen molar-refractivity contribution >= 4 is 40.1 Å². The van der Waals surface area contributed by atoms with Crippen LogP contribution in [-0.2, 0) is 4.79 Å². The lowest BCUT2D eigenvalue weighted by Gasteiger charge is -2.36. The number of rotatable bonds is 8. The van der Waals surface area contributed by atoms with E-state index < -0.39 is 0 Å². The van der Waals surface area contributed by atoms with Crippen LogP contribution in [0.1, 0.15) is 19.8 Å². The first kappa shape index (κ1) is 21.4. The molecule has 162 valence electrons. The lowest BCUT2D eigenvalue weighted by molar-refractivity contribution is -0.128. The molecule has 4 rings (SSSR count). The average Bonchev–Trinajstić information content (AvgIpc) is 2.83. The Morgan fingerprint density at radius 2 is 1.74 bits per heavy atom. The van der Waals surface area contributed by atoms with E-state index in [1.807, 2.05) is 35.2 Å². The molecule has 6 nitrogen and oxygen atoms in total. The fraction of sp³-hybridized carbons (Fsp3) is 0.375. The highest BCUT2D eigenvalue weighted by Crippen LogP contribution is 2.25. The Hall–Kier alpha value is -2.80. The van der Waals surface area contributed by atoms with E-state index in [4.69, 9.17) is 4.98 Å². The summed E-state index contributed by atoms with van der Waals surface area (Å²) in [5.74, 6) is 1.36. The van der Waals surface area contributed by atoms with E-state index in [2.05, 4.69) is 46.4 Å².